The number of nitrogens with zero attached hydrogens (tertiary/aromatic N) is 3. The van der Waals surface area contributed by atoms with E-state index in [1.807, 2.05) is 26.1 Å². The van der Waals surface area contributed by atoms with Crippen LogP contribution >= 0.6 is 0 Å². The molecular weight excluding hydrogens is 404 g/mol. The molecule has 0 bridgehead atoms. The lowest BCUT2D eigenvalue weighted by atomic mass is 9.94. The van der Waals surface area contributed by atoms with Crippen LogP contribution < -0.4 is 15.8 Å². The number of piperidine rings is 1. The zero-order chi connectivity index (χ0) is 22.5. The predicted molar refractivity (Wildman–Crippen MR) is 125 cm³/mol. The van der Waals surface area contributed by atoms with E-state index < -0.39 is 5.97 Å². The number of benzene rings is 1. The molecule has 32 heavy (non-hydrogen) atoms. The second-order valence-corrected chi connectivity index (χ2v) is 9.32. The summed E-state index contributed by atoms with van der Waals surface area (Å²) >= 11 is 0. The Morgan fingerprint density at radius 1 is 1.16 bits per heavy atom. The molecule has 166 valence electrons. The number of pyridine rings is 1. The number of hydrogen-bond donors (Lipinski definition) is 2. The number of hydrogen-bond acceptors (Lipinski definition) is 5. The Hall–Kier alpha value is -3.35. The first-order valence-corrected chi connectivity index (χ1v) is 11.2. The highest BCUT2D eigenvalue weighted by atomic mass is 16.4. The number of anilines is 2. The first kappa shape index (κ1) is 20.5. The third-order valence-corrected chi connectivity index (χ3v) is 7.01. The van der Waals surface area contributed by atoms with Gasteiger partial charge in [-0.3, -0.25) is 9.20 Å². The molecule has 2 aromatic heterocycles. The SMILES string of the molecule is Cc1cc([C@@H](C)Nc2ccccc2C(=O)O)c2nc(N3CCC4(CC3)CC4)cc(=O)n2c1. The van der Waals surface area contributed by atoms with E-state index in [0.717, 1.165) is 30.0 Å². The van der Waals surface area contributed by atoms with Gasteiger partial charge in [0.2, 0.25) is 0 Å². The monoisotopic (exact) mass is 432 g/mol. The molecule has 3 heterocycles. The molecule has 1 saturated heterocycles. The number of para-hydroxylation sites is 1. The van der Waals surface area contributed by atoms with Crippen LogP contribution in [0.1, 0.15) is 60.1 Å². The fraction of sp³-hybridized carbons (Fsp3) is 0.400. The van der Waals surface area contributed by atoms with Crippen molar-refractivity contribution >= 4 is 23.1 Å². The van der Waals surface area contributed by atoms with E-state index >= 15 is 0 Å². The van der Waals surface area contributed by atoms with Crippen LogP contribution in [0.25, 0.3) is 5.65 Å². The number of nitrogens with one attached hydrogen (secondary N) is 1. The van der Waals surface area contributed by atoms with Crippen LogP contribution in [0.2, 0.25) is 0 Å². The number of rotatable bonds is 5. The third-order valence-electron chi connectivity index (χ3n) is 7.01. The van der Waals surface area contributed by atoms with Gasteiger partial charge < -0.3 is 15.3 Å². The molecule has 3 aromatic rings. The number of carbonyl (C=O) groups is 1. The molecular formula is C25H28N4O3. The van der Waals surface area contributed by atoms with Gasteiger partial charge in [-0.25, -0.2) is 9.78 Å². The van der Waals surface area contributed by atoms with Gasteiger partial charge >= 0.3 is 5.97 Å². The van der Waals surface area contributed by atoms with Crippen molar-refractivity contribution in [2.45, 2.75) is 45.6 Å². The van der Waals surface area contributed by atoms with Crippen LogP contribution in [0.3, 0.4) is 0 Å². The highest BCUT2D eigenvalue weighted by Crippen LogP contribution is 2.53. The van der Waals surface area contributed by atoms with Gasteiger partial charge in [0.1, 0.15) is 11.5 Å². The van der Waals surface area contributed by atoms with E-state index in [0.29, 0.717) is 16.7 Å². The Morgan fingerprint density at radius 2 is 1.88 bits per heavy atom. The average Bonchev–Trinajstić information content (AvgIpc) is 3.53. The van der Waals surface area contributed by atoms with E-state index in [4.69, 9.17) is 4.98 Å². The average molecular weight is 433 g/mol. The topological polar surface area (TPSA) is 86.9 Å². The molecule has 1 saturated carbocycles. The number of aromatic nitrogens is 2. The van der Waals surface area contributed by atoms with Crippen molar-refractivity contribution < 1.29 is 9.90 Å². The van der Waals surface area contributed by atoms with Gasteiger partial charge in [0.15, 0.2) is 0 Å². The third kappa shape index (κ3) is 3.72. The maximum Gasteiger partial charge on any atom is 0.337 e. The van der Waals surface area contributed by atoms with Crippen molar-refractivity contribution in [2.24, 2.45) is 5.41 Å². The lowest BCUT2D eigenvalue weighted by Gasteiger charge is -2.33. The van der Waals surface area contributed by atoms with Crippen molar-refractivity contribution in [3.05, 3.63) is 69.6 Å². The van der Waals surface area contributed by atoms with Gasteiger partial charge in [-0.15, -0.1) is 0 Å². The number of fused-ring (bicyclic) bond motifs is 1. The summed E-state index contributed by atoms with van der Waals surface area (Å²) in [4.78, 5) is 31.8. The molecule has 0 amide bonds. The number of carboxylic acid groups (broad SMARTS) is 1. The van der Waals surface area contributed by atoms with E-state index in [2.05, 4.69) is 10.2 Å². The van der Waals surface area contributed by atoms with Crippen LogP contribution in [-0.2, 0) is 0 Å². The van der Waals surface area contributed by atoms with Crippen molar-refractivity contribution in [3.8, 4) is 0 Å². The van der Waals surface area contributed by atoms with Gasteiger partial charge in [-0.2, -0.15) is 0 Å². The van der Waals surface area contributed by atoms with Crippen LogP contribution in [0.5, 0.6) is 0 Å². The molecule has 2 N–H and O–H groups in total. The van der Waals surface area contributed by atoms with Gasteiger partial charge in [-0.05, 0) is 68.7 Å². The van der Waals surface area contributed by atoms with E-state index in [1.54, 1.807) is 34.7 Å². The molecule has 5 rings (SSSR count). The van der Waals surface area contributed by atoms with Crippen molar-refractivity contribution in [2.75, 3.05) is 23.3 Å². The molecule has 2 aliphatic rings. The molecule has 1 aliphatic heterocycles. The first-order valence-electron chi connectivity index (χ1n) is 11.2. The fourth-order valence-corrected chi connectivity index (χ4v) is 4.83. The highest BCUT2D eigenvalue weighted by Gasteiger charge is 2.44. The number of carboxylic acids is 1. The van der Waals surface area contributed by atoms with Crippen LogP contribution in [-0.4, -0.2) is 33.6 Å². The minimum Gasteiger partial charge on any atom is -0.478 e. The second-order valence-electron chi connectivity index (χ2n) is 9.32. The molecule has 7 nitrogen and oxygen atoms in total. The van der Waals surface area contributed by atoms with Crippen LogP contribution in [0, 0.1) is 12.3 Å². The zero-order valence-corrected chi connectivity index (χ0v) is 18.5. The summed E-state index contributed by atoms with van der Waals surface area (Å²) < 4.78 is 1.60. The summed E-state index contributed by atoms with van der Waals surface area (Å²) in [5.74, 6) is -0.252. The quantitative estimate of drug-likeness (QED) is 0.627. The summed E-state index contributed by atoms with van der Waals surface area (Å²) in [6.07, 6.45) is 6.81. The normalized spacial score (nSPS) is 18.0. The summed E-state index contributed by atoms with van der Waals surface area (Å²) in [6.45, 7) is 5.78. The number of aromatic carboxylic acids is 1. The van der Waals surface area contributed by atoms with E-state index in [9.17, 15) is 14.7 Å². The summed E-state index contributed by atoms with van der Waals surface area (Å²) in [5, 5.41) is 12.8. The number of aryl methyl sites for hydroxylation is 1. The molecule has 1 spiro atoms. The van der Waals surface area contributed by atoms with Gasteiger partial charge in [-0.1, -0.05) is 12.1 Å². The smallest absolute Gasteiger partial charge is 0.337 e. The maximum atomic E-state index is 13.0. The summed E-state index contributed by atoms with van der Waals surface area (Å²) in [7, 11) is 0. The predicted octanol–water partition coefficient (Wildman–Crippen LogP) is 4.25. The van der Waals surface area contributed by atoms with E-state index in [-0.39, 0.29) is 17.2 Å². The lowest BCUT2D eigenvalue weighted by Crippen LogP contribution is -2.36. The Balaban J connectivity index is 1.53. The molecule has 2 fully saturated rings. The Kier molecular flexibility index (Phi) is 4.92. The summed E-state index contributed by atoms with van der Waals surface area (Å²) in [5.41, 5.74) is 3.62. The first-order chi connectivity index (χ1) is 15.3. The fourth-order valence-electron chi connectivity index (χ4n) is 4.83. The zero-order valence-electron chi connectivity index (χ0n) is 18.5. The van der Waals surface area contributed by atoms with E-state index in [1.165, 1.54) is 25.7 Å². The Bertz CT molecular complexity index is 1250. The van der Waals surface area contributed by atoms with Gasteiger partial charge in [0, 0.05) is 36.6 Å². The van der Waals surface area contributed by atoms with Crippen molar-refractivity contribution in [1.29, 1.82) is 0 Å². The Labute approximate surface area is 186 Å². The van der Waals surface area contributed by atoms with Gasteiger partial charge in [0.25, 0.3) is 5.56 Å². The molecule has 1 atom stereocenters. The standard InChI is InChI=1S/C25H28N4O3/c1-16-13-19(17(2)26-20-6-4-3-5-18(20)24(31)32)23-27-21(14-22(30)29(23)15-16)28-11-9-25(7-8-25)10-12-28/h3-6,13-15,17,26H,7-12H2,1-2H3,(H,31,32)/t17-/m1/s1. The Morgan fingerprint density at radius 3 is 2.56 bits per heavy atom. The largest absolute Gasteiger partial charge is 0.478 e. The molecule has 1 aliphatic carbocycles. The molecule has 1 aromatic carbocycles. The van der Waals surface area contributed by atoms with Crippen molar-refractivity contribution in [3.63, 3.8) is 0 Å². The lowest BCUT2D eigenvalue weighted by molar-refractivity contribution is 0.0698. The molecule has 0 unspecified atom stereocenters. The summed E-state index contributed by atoms with van der Waals surface area (Å²) in [6, 6.07) is 10.3. The minimum absolute atomic E-state index is 0.0974. The second kappa shape index (κ2) is 7.65. The minimum atomic E-state index is -0.982. The van der Waals surface area contributed by atoms with Crippen molar-refractivity contribution in [1.82, 2.24) is 9.38 Å². The molecule has 7 heteroatoms. The van der Waals surface area contributed by atoms with Crippen LogP contribution in [0.4, 0.5) is 11.5 Å². The highest BCUT2D eigenvalue weighted by molar-refractivity contribution is 5.94. The maximum absolute atomic E-state index is 13.0. The van der Waals surface area contributed by atoms with Crippen LogP contribution in [0.15, 0.2) is 47.4 Å². The van der Waals surface area contributed by atoms with Gasteiger partial charge in [0.05, 0.1) is 11.6 Å². The molecule has 0 radical (unpaired) electrons.